The highest BCUT2D eigenvalue weighted by Crippen LogP contribution is 2.36. The van der Waals surface area contributed by atoms with E-state index in [9.17, 15) is 4.79 Å². The van der Waals surface area contributed by atoms with Crippen LogP contribution in [0, 0.1) is 5.92 Å². The standard InChI is InChI=1S/C18H26N2OS/c1-18(2,3)15-12-22-16(19-15)14-10-6-7-11-20(14)17(21)13-8-4-5-9-13/h4-5,12-14H,6-11H2,1-3H3. The summed E-state index contributed by atoms with van der Waals surface area (Å²) >= 11 is 1.73. The number of aromatic nitrogens is 1. The lowest BCUT2D eigenvalue weighted by atomic mass is 9.93. The van der Waals surface area contributed by atoms with Crippen LogP contribution in [0.2, 0.25) is 0 Å². The first-order valence-electron chi connectivity index (χ1n) is 8.38. The van der Waals surface area contributed by atoms with Crippen LogP contribution in [-0.4, -0.2) is 22.3 Å². The Labute approximate surface area is 137 Å². The summed E-state index contributed by atoms with van der Waals surface area (Å²) in [4.78, 5) is 19.8. The lowest BCUT2D eigenvalue weighted by Crippen LogP contribution is -2.41. The van der Waals surface area contributed by atoms with E-state index in [1.54, 1.807) is 11.3 Å². The second-order valence-electron chi connectivity index (χ2n) is 7.50. The van der Waals surface area contributed by atoms with Crippen LogP contribution in [0.4, 0.5) is 0 Å². The van der Waals surface area contributed by atoms with Crippen molar-refractivity contribution in [2.45, 2.75) is 64.3 Å². The van der Waals surface area contributed by atoms with Crippen molar-refractivity contribution >= 4 is 17.2 Å². The van der Waals surface area contributed by atoms with Gasteiger partial charge in [0.25, 0.3) is 0 Å². The number of hydrogen-bond acceptors (Lipinski definition) is 3. The predicted molar refractivity (Wildman–Crippen MR) is 91.0 cm³/mol. The molecule has 120 valence electrons. The molecule has 1 aromatic heterocycles. The Kier molecular flexibility index (Phi) is 4.40. The topological polar surface area (TPSA) is 33.2 Å². The maximum absolute atomic E-state index is 12.9. The molecular weight excluding hydrogens is 292 g/mol. The highest BCUT2D eigenvalue weighted by molar-refractivity contribution is 7.09. The second kappa shape index (κ2) is 6.15. The summed E-state index contributed by atoms with van der Waals surface area (Å²) in [7, 11) is 0. The fraction of sp³-hybridized carbons (Fsp3) is 0.667. The van der Waals surface area contributed by atoms with E-state index in [4.69, 9.17) is 4.98 Å². The smallest absolute Gasteiger partial charge is 0.226 e. The molecule has 0 saturated carbocycles. The van der Waals surface area contributed by atoms with Crippen LogP contribution in [0.1, 0.15) is 69.6 Å². The van der Waals surface area contributed by atoms with Gasteiger partial charge < -0.3 is 4.90 Å². The molecule has 0 N–H and O–H groups in total. The first-order chi connectivity index (χ1) is 10.5. The molecule has 1 aliphatic heterocycles. The Morgan fingerprint density at radius 3 is 2.64 bits per heavy atom. The molecule has 0 aromatic carbocycles. The fourth-order valence-electron chi connectivity index (χ4n) is 3.29. The van der Waals surface area contributed by atoms with Gasteiger partial charge in [0, 0.05) is 23.3 Å². The van der Waals surface area contributed by atoms with Crippen molar-refractivity contribution < 1.29 is 4.79 Å². The van der Waals surface area contributed by atoms with Crippen LogP contribution < -0.4 is 0 Å². The van der Waals surface area contributed by atoms with Crippen molar-refractivity contribution in [3.05, 3.63) is 28.2 Å². The third-order valence-corrected chi connectivity index (χ3v) is 5.66. The highest BCUT2D eigenvalue weighted by atomic mass is 32.1. The van der Waals surface area contributed by atoms with Crippen molar-refractivity contribution in [3.63, 3.8) is 0 Å². The minimum atomic E-state index is 0.0770. The van der Waals surface area contributed by atoms with Gasteiger partial charge in [0.2, 0.25) is 5.91 Å². The zero-order valence-electron chi connectivity index (χ0n) is 13.8. The van der Waals surface area contributed by atoms with E-state index >= 15 is 0 Å². The highest BCUT2D eigenvalue weighted by Gasteiger charge is 2.34. The van der Waals surface area contributed by atoms with Crippen molar-refractivity contribution in [2.75, 3.05) is 6.54 Å². The van der Waals surface area contributed by atoms with Gasteiger partial charge in [-0.15, -0.1) is 11.3 Å². The van der Waals surface area contributed by atoms with Gasteiger partial charge in [0.05, 0.1) is 11.7 Å². The minimum absolute atomic E-state index is 0.0770. The van der Waals surface area contributed by atoms with E-state index in [1.165, 1.54) is 6.42 Å². The zero-order chi connectivity index (χ0) is 15.7. The summed E-state index contributed by atoms with van der Waals surface area (Å²) in [6.45, 7) is 7.48. The van der Waals surface area contributed by atoms with Gasteiger partial charge in [0.1, 0.15) is 5.01 Å². The Morgan fingerprint density at radius 1 is 1.27 bits per heavy atom. The summed E-state index contributed by atoms with van der Waals surface area (Å²) in [6.07, 6.45) is 9.48. The third kappa shape index (κ3) is 3.12. The van der Waals surface area contributed by atoms with Gasteiger partial charge in [-0.1, -0.05) is 32.9 Å². The number of nitrogens with zero attached hydrogens (tertiary/aromatic N) is 2. The van der Waals surface area contributed by atoms with Crippen LogP contribution >= 0.6 is 11.3 Å². The van der Waals surface area contributed by atoms with Gasteiger partial charge >= 0.3 is 0 Å². The maximum atomic E-state index is 12.9. The summed E-state index contributed by atoms with van der Waals surface area (Å²) < 4.78 is 0. The zero-order valence-corrected chi connectivity index (χ0v) is 14.7. The molecule has 0 radical (unpaired) electrons. The monoisotopic (exact) mass is 318 g/mol. The van der Waals surface area contributed by atoms with Gasteiger partial charge in [-0.3, -0.25) is 4.79 Å². The predicted octanol–water partition coefficient (Wildman–Crippen LogP) is 4.46. The van der Waals surface area contributed by atoms with E-state index in [0.717, 1.165) is 42.9 Å². The number of likely N-dealkylation sites (tertiary alicyclic amines) is 1. The Hall–Kier alpha value is -1.16. The SMILES string of the molecule is CC(C)(C)c1csc(C2CCCCN2C(=O)C2CC=CC2)n1. The average molecular weight is 318 g/mol. The fourth-order valence-corrected chi connectivity index (χ4v) is 4.48. The Bertz CT molecular complexity index is 562. The molecule has 2 aliphatic rings. The number of allylic oxidation sites excluding steroid dienone is 2. The average Bonchev–Trinajstić information content (AvgIpc) is 3.17. The summed E-state index contributed by atoms with van der Waals surface area (Å²) in [5.74, 6) is 0.504. The largest absolute Gasteiger partial charge is 0.333 e. The third-order valence-electron chi connectivity index (χ3n) is 4.72. The van der Waals surface area contributed by atoms with Crippen LogP contribution in [0.25, 0.3) is 0 Å². The number of piperidine rings is 1. The van der Waals surface area contributed by atoms with Gasteiger partial charge in [-0.2, -0.15) is 0 Å². The molecular formula is C18H26N2OS. The molecule has 3 nitrogen and oxygen atoms in total. The Balaban J connectivity index is 1.80. The van der Waals surface area contributed by atoms with E-state index in [0.29, 0.717) is 5.91 Å². The van der Waals surface area contributed by atoms with Crippen LogP contribution in [0.5, 0.6) is 0 Å². The molecule has 22 heavy (non-hydrogen) atoms. The summed E-state index contributed by atoms with van der Waals surface area (Å²) in [6, 6.07) is 0.197. The van der Waals surface area contributed by atoms with E-state index in [1.807, 2.05) is 0 Å². The van der Waals surface area contributed by atoms with Crippen molar-refractivity contribution in [3.8, 4) is 0 Å². The molecule has 0 bridgehead atoms. The molecule has 2 heterocycles. The van der Waals surface area contributed by atoms with Gasteiger partial charge in [-0.25, -0.2) is 4.98 Å². The molecule has 4 heteroatoms. The number of hydrogen-bond donors (Lipinski definition) is 0. The molecule has 1 atom stereocenters. The number of carbonyl (C=O) groups excluding carboxylic acids is 1. The summed E-state index contributed by atoms with van der Waals surface area (Å²) in [5, 5.41) is 3.30. The first kappa shape index (κ1) is 15.7. The molecule has 1 saturated heterocycles. The first-order valence-corrected chi connectivity index (χ1v) is 9.26. The van der Waals surface area contributed by atoms with E-state index in [2.05, 4.69) is 43.2 Å². The molecule has 0 spiro atoms. The quantitative estimate of drug-likeness (QED) is 0.754. The van der Waals surface area contributed by atoms with Crippen LogP contribution in [-0.2, 0) is 10.2 Å². The van der Waals surface area contributed by atoms with Crippen LogP contribution in [0.3, 0.4) is 0 Å². The normalized spacial score (nSPS) is 23.2. The maximum Gasteiger partial charge on any atom is 0.226 e. The molecule has 1 fully saturated rings. The number of carbonyl (C=O) groups is 1. The lowest BCUT2D eigenvalue weighted by Gasteiger charge is -2.36. The molecule has 1 aromatic rings. The van der Waals surface area contributed by atoms with Crippen LogP contribution in [0.15, 0.2) is 17.5 Å². The minimum Gasteiger partial charge on any atom is -0.333 e. The number of rotatable bonds is 2. The van der Waals surface area contributed by atoms with E-state index in [-0.39, 0.29) is 17.4 Å². The number of amides is 1. The van der Waals surface area contributed by atoms with Crippen molar-refractivity contribution in [1.82, 2.24) is 9.88 Å². The van der Waals surface area contributed by atoms with Gasteiger partial charge in [-0.05, 0) is 32.1 Å². The van der Waals surface area contributed by atoms with Crippen molar-refractivity contribution in [1.29, 1.82) is 0 Å². The Morgan fingerprint density at radius 2 is 2.00 bits per heavy atom. The second-order valence-corrected chi connectivity index (χ2v) is 8.39. The molecule has 1 unspecified atom stereocenters. The molecule has 1 aliphatic carbocycles. The molecule has 1 amide bonds. The van der Waals surface area contributed by atoms with E-state index < -0.39 is 0 Å². The van der Waals surface area contributed by atoms with Crippen molar-refractivity contribution in [2.24, 2.45) is 5.92 Å². The summed E-state index contributed by atoms with van der Waals surface area (Å²) in [5.41, 5.74) is 1.22. The number of thiazole rings is 1. The molecule has 3 rings (SSSR count). The lowest BCUT2D eigenvalue weighted by molar-refractivity contribution is -0.139. The van der Waals surface area contributed by atoms with Gasteiger partial charge in [0.15, 0.2) is 0 Å².